The third-order valence-electron chi connectivity index (χ3n) is 8.74. The Hall–Kier alpha value is -2.36. The van der Waals surface area contributed by atoms with Gasteiger partial charge in [-0.2, -0.15) is 0 Å². The molecule has 0 bridgehead atoms. The van der Waals surface area contributed by atoms with E-state index in [0.717, 1.165) is 51.4 Å². The maximum Gasteiger partial charge on any atom is 0.306 e. The highest BCUT2D eigenvalue weighted by Gasteiger charge is 2.12. The number of ether oxygens (including phenoxy) is 1. The van der Waals surface area contributed by atoms with Crippen LogP contribution in [-0.2, 0) is 14.3 Å². The fourth-order valence-corrected chi connectivity index (χ4v) is 5.78. The summed E-state index contributed by atoms with van der Waals surface area (Å²) in [6, 6.07) is 0. The second-order valence-corrected chi connectivity index (χ2v) is 13.4. The van der Waals surface area contributed by atoms with E-state index >= 15 is 0 Å². The summed E-state index contributed by atoms with van der Waals surface area (Å²) in [5.74, 6) is -0.909. The zero-order chi connectivity index (χ0) is 35.0. The zero-order valence-electron chi connectivity index (χ0n) is 31.5. The minimum atomic E-state index is -0.775. The first-order chi connectivity index (χ1) is 23.6. The molecule has 0 amide bonds. The Morgan fingerprint density at radius 2 is 0.854 bits per heavy atom. The normalized spacial score (nSPS) is 12.9. The molecule has 0 aromatic carbocycles. The van der Waals surface area contributed by atoms with E-state index in [1.807, 2.05) is 6.08 Å². The van der Waals surface area contributed by atoms with Crippen LogP contribution in [0, 0.1) is 0 Å². The molecule has 48 heavy (non-hydrogen) atoms. The van der Waals surface area contributed by atoms with Crippen molar-refractivity contribution in [3.63, 3.8) is 0 Å². The van der Waals surface area contributed by atoms with E-state index in [9.17, 15) is 9.59 Å². The molecule has 0 spiro atoms. The lowest BCUT2D eigenvalue weighted by atomic mass is 10.0. The van der Waals surface area contributed by atoms with Gasteiger partial charge in [-0.25, -0.2) is 0 Å². The van der Waals surface area contributed by atoms with E-state index in [1.165, 1.54) is 109 Å². The summed E-state index contributed by atoms with van der Waals surface area (Å²) in [6.45, 7) is 4.43. The molecular formula is C44H76O4. The van der Waals surface area contributed by atoms with Crippen molar-refractivity contribution >= 4 is 11.9 Å². The number of hydrogen-bond donors (Lipinski definition) is 1. The molecule has 0 radical (unpaired) electrons. The topological polar surface area (TPSA) is 63.6 Å². The molecule has 0 aromatic heterocycles. The molecular weight excluding hydrogens is 592 g/mol. The standard InChI is InChI=1S/C44H76O4/c1-3-5-7-9-11-13-15-17-19-20-21-22-23-25-27-29-31-33-35-41-44(47)48-42(39-36-37-40-43(45)46)38-34-32-30-28-26-24-18-16-14-12-10-8-6-4-2/h6,8,12,14,18,24,28,30,34,38,42H,3-5,7,9-11,13,15-17,19-23,25-27,29,31-33,35-37,39-41H2,1-2H3,(H,45,46)/b8-6-,14-12-,24-18-,30-28-,38-34-. The van der Waals surface area contributed by atoms with Gasteiger partial charge in [0, 0.05) is 12.8 Å². The van der Waals surface area contributed by atoms with E-state index in [0.29, 0.717) is 19.3 Å². The van der Waals surface area contributed by atoms with E-state index in [2.05, 4.69) is 68.5 Å². The van der Waals surface area contributed by atoms with E-state index in [4.69, 9.17) is 9.84 Å². The van der Waals surface area contributed by atoms with E-state index in [1.54, 1.807) is 0 Å². The van der Waals surface area contributed by atoms with Gasteiger partial charge in [-0.1, -0.05) is 184 Å². The molecule has 0 aliphatic rings. The molecule has 4 heteroatoms. The lowest BCUT2D eigenvalue weighted by Crippen LogP contribution is -2.16. The van der Waals surface area contributed by atoms with Gasteiger partial charge in [0.25, 0.3) is 0 Å². The van der Waals surface area contributed by atoms with Gasteiger partial charge in [0.15, 0.2) is 0 Å². The zero-order valence-corrected chi connectivity index (χ0v) is 31.5. The van der Waals surface area contributed by atoms with Crippen molar-refractivity contribution in [1.82, 2.24) is 0 Å². The SMILES string of the molecule is CC/C=C\C/C=C\C/C=C\C/C=C\C/C=C\C(CCCCC(=O)O)OC(=O)CCCCCCCCCCCCCCCCCCCCC. The maximum absolute atomic E-state index is 12.5. The number of carbonyl (C=O) groups excluding carboxylic acids is 1. The molecule has 0 aromatic rings. The summed E-state index contributed by atoms with van der Waals surface area (Å²) in [5.41, 5.74) is 0. The quantitative estimate of drug-likeness (QED) is 0.0410. The average molecular weight is 669 g/mol. The van der Waals surface area contributed by atoms with Crippen molar-refractivity contribution in [2.75, 3.05) is 0 Å². The van der Waals surface area contributed by atoms with Crippen LogP contribution >= 0.6 is 0 Å². The van der Waals surface area contributed by atoms with Gasteiger partial charge in [0.1, 0.15) is 6.10 Å². The first-order valence-corrected chi connectivity index (χ1v) is 20.3. The Balaban J connectivity index is 3.98. The number of rotatable bonds is 36. The average Bonchev–Trinajstić information content (AvgIpc) is 3.07. The number of carbonyl (C=O) groups is 2. The van der Waals surface area contributed by atoms with Crippen LogP contribution in [0.5, 0.6) is 0 Å². The van der Waals surface area contributed by atoms with Crippen LogP contribution in [0.1, 0.15) is 200 Å². The van der Waals surface area contributed by atoms with Crippen molar-refractivity contribution in [1.29, 1.82) is 0 Å². The number of unbranched alkanes of at least 4 members (excludes halogenated alkanes) is 19. The first-order valence-electron chi connectivity index (χ1n) is 20.3. The summed E-state index contributed by atoms with van der Waals surface area (Å²) in [6.07, 6.45) is 54.0. The van der Waals surface area contributed by atoms with Crippen molar-refractivity contribution in [3.05, 3.63) is 60.8 Å². The Morgan fingerprint density at radius 3 is 1.27 bits per heavy atom. The van der Waals surface area contributed by atoms with Gasteiger partial charge in [-0.3, -0.25) is 9.59 Å². The Bertz CT molecular complexity index is 850. The molecule has 1 unspecified atom stereocenters. The van der Waals surface area contributed by atoms with Crippen LogP contribution < -0.4 is 0 Å². The van der Waals surface area contributed by atoms with Crippen LogP contribution in [0.25, 0.3) is 0 Å². The number of carboxylic acids is 1. The van der Waals surface area contributed by atoms with Crippen LogP contribution in [0.3, 0.4) is 0 Å². The van der Waals surface area contributed by atoms with Crippen LogP contribution in [-0.4, -0.2) is 23.1 Å². The Morgan fingerprint density at radius 1 is 0.479 bits per heavy atom. The molecule has 0 rings (SSSR count). The molecule has 1 atom stereocenters. The van der Waals surface area contributed by atoms with Gasteiger partial charge in [-0.15, -0.1) is 0 Å². The minimum Gasteiger partial charge on any atom is -0.481 e. The number of allylic oxidation sites excluding steroid dienone is 9. The summed E-state index contributed by atoms with van der Waals surface area (Å²) in [4.78, 5) is 23.4. The third-order valence-corrected chi connectivity index (χ3v) is 8.74. The van der Waals surface area contributed by atoms with Crippen molar-refractivity contribution in [3.8, 4) is 0 Å². The van der Waals surface area contributed by atoms with Crippen molar-refractivity contribution < 1.29 is 19.4 Å². The number of hydrogen-bond acceptors (Lipinski definition) is 3. The fraction of sp³-hybridized carbons (Fsp3) is 0.727. The van der Waals surface area contributed by atoms with Crippen LogP contribution in [0.2, 0.25) is 0 Å². The summed E-state index contributed by atoms with van der Waals surface area (Å²) < 4.78 is 5.79. The maximum atomic E-state index is 12.5. The minimum absolute atomic E-state index is 0.133. The first kappa shape index (κ1) is 45.6. The lowest BCUT2D eigenvalue weighted by Gasteiger charge is -2.14. The summed E-state index contributed by atoms with van der Waals surface area (Å²) in [5, 5.41) is 8.94. The molecule has 0 saturated heterocycles. The van der Waals surface area contributed by atoms with Crippen LogP contribution in [0.4, 0.5) is 0 Å². The largest absolute Gasteiger partial charge is 0.481 e. The van der Waals surface area contributed by atoms with Crippen LogP contribution in [0.15, 0.2) is 60.8 Å². The highest BCUT2D eigenvalue weighted by Crippen LogP contribution is 2.16. The predicted molar refractivity (Wildman–Crippen MR) is 208 cm³/mol. The fourth-order valence-electron chi connectivity index (χ4n) is 5.78. The second-order valence-electron chi connectivity index (χ2n) is 13.4. The Kier molecular flexibility index (Phi) is 37.2. The summed E-state index contributed by atoms with van der Waals surface area (Å²) in [7, 11) is 0. The Labute approximate surface area is 297 Å². The van der Waals surface area contributed by atoms with Crippen molar-refractivity contribution in [2.24, 2.45) is 0 Å². The number of esters is 1. The molecule has 0 aliphatic carbocycles. The predicted octanol–water partition coefficient (Wildman–Crippen LogP) is 14.1. The highest BCUT2D eigenvalue weighted by molar-refractivity contribution is 5.69. The van der Waals surface area contributed by atoms with Gasteiger partial charge in [-0.05, 0) is 63.9 Å². The van der Waals surface area contributed by atoms with E-state index in [-0.39, 0.29) is 18.5 Å². The second kappa shape index (κ2) is 39.1. The highest BCUT2D eigenvalue weighted by atomic mass is 16.5. The van der Waals surface area contributed by atoms with Gasteiger partial charge in [0.2, 0.25) is 0 Å². The smallest absolute Gasteiger partial charge is 0.306 e. The number of carboxylic acid groups (broad SMARTS) is 1. The number of aliphatic carboxylic acids is 1. The molecule has 0 fully saturated rings. The molecule has 0 aliphatic heterocycles. The summed E-state index contributed by atoms with van der Waals surface area (Å²) >= 11 is 0. The monoisotopic (exact) mass is 669 g/mol. The lowest BCUT2D eigenvalue weighted by molar-refractivity contribution is -0.147. The third kappa shape index (κ3) is 38.1. The van der Waals surface area contributed by atoms with E-state index < -0.39 is 5.97 Å². The van der Waals surface area contributed by atoms with Crippen molar-refractivity contribution in [2.45, 2.75) is 206 Å². The van der Waals surface area contributed by atoms with Gasteiger partial charge >= 0.3 is 11.9 Å². The molecule has 4 nitrogen and oxygen atoms in total. The molecule has 0 saturated carbocycles. The molecule has 1 N–H and O–H groups in total. The van der Waals surface area contributed by atoms with Gasteiger partial charge in [0.05, 0.1) is 0 Å². The molecule has 276 valence electrons. The molecule has 0 heterocycles. The van der Waals surface area contributed by atoms with Gasteiger partial charge < -0.3 is 9.84 Å².